The molecule has 0 aliphatic rings. The second-order valence-electron chi connectivity index (χ2n) is 4.22. The number of hydrogen-bond donors (Lipinski definition) is 0. The van der Waals surface area contributed by atoms with Gasteiger partial charge in [-0.1, -0.05) is 11.6 Å². The Morgan fingerprint density at radius 3 is 2.68 bits per heavy atom. The van der Waals surface area contributed by atoms with Gasteiger partial charge in [-0.2, -0.15) is 0 Å². The van der Waals surface area contributed by atoms with Crippen molar-refractivity contribution in [2.45, 2.75) is 6.92 Å². The van der Waals surface area contributed by atoms with E-state index in [2.05, 4.69) is 31.9 Å². The predicted molar refractivity (Wildman–Crippen MR) is 84.1 cm³/mol. The molecule has 0 radical (unpaired) electrons. The minimum Gasteiger partial charge on any atom is -0.453 e. The van der Waals surface area contributed by atoms with Gasteiger partial charge >= 0.3 is 0 Å². The van der Waals surface area contributed by atoms with Crippen LogP contribution in [0.4, 0.5) is 0 Å². The molecule has 0 N–H and O–H groups in total. The third-order valence-corrected chi connectivity index (χ3v) is 5.14. The molecule has 0 unspecified atom stereocenters. The Bertz CT molecular complexity index is 786. The lowest BCUT2D eigenvalue weighted by Crippen LogP contribution is -1.97. The fourth-order valence-corrected chi connectivity index (χ4v) is 4.70. The quantitative estimate of drug-likeness (QED) is 0.528. The van der Waals surface area contributed by atoms with Gasteiger partial charge in [0.2, 0.25) is 5.78 Å². The minimum atomic E-state index is -0.109. The topological polar surface area (TPSA) is 30.2 Å². The number of furan rings is 1. The number of aryl methyl sites for hydroxylation is 1. The normalized spacial score (nSPS) is 11.1. The van der Waals surface area contributed by atoms with E-state index < -0.39 is 0 Å². The molecular formula is C14H8Br2O2S. The molecule has 2 aromatic heterocycles. The van der Waals surface area contributed by atoms with Crippen molar-refractivity contribution in [1.82, 2.24) is 0 Å². The first-order chi connectivity index (χ1) is 9.04. The van der Waals surface area contributed by atoms with E-state index in [1.165, 1.54) is 11.3 Å². The van der Waals surface area contributed by atoms with Crippen LogP contribution in [0.1, 0.15) is 21.7 Å². The number of carbonyl (C=O) groups is 1. The van der Waals surface area contributed by atoms with Gasteiger partial charge in [0.1, 0.15) is 5.58 Å². The summed E-state index contributed by atoms with van der Waals surface area (Å²) in [4.78, 5) is 12.4. The Morgan fingerprint density at radius 1 is 1.21 bits per heavy atom. The molecule has 19 heavy (non-hydrogen) atoms. The molecule has 2 nitrogen and oxygen atoms in total. The van der Waals surface area contributed by atoms with E-state index in [4.69, 9.17) is 4.42 Å². The summed E-state index contributed by atoms with van der Waals surface area (Å²) >= 11 is 8.24. The average Bonchev–Trinajstić information content (AvgIpc) is 2.91. The van der Waals surface area contributed by atoms with Crippen LogP contribution in [0.5, 0.6) is 0 Å². The molecule has 96 valence electrons. The number of ketones is 1. The van der Waals surface area contributed by atoms with Crippen molar-refractivity contribution in [1.29, 1.82) is 0 Å². The van der Waals surface area contributed by atoms with Crippen LogP contribution in [-0.2, 0) is 0 Å². The highest BCUT2D eigenvalue weighted by molar-refractivity contribution is 9.12. The maximum absolute atomic E-state index is 12.4. The fraction of sp³-hybridized carbons (Fsp3) is 0.0714. The molecule has 5 heteroatoms. The number of rotatable bonds is 2. The molecule has 0 aliphatic carbocycles. The van der Waals surface area contributed by atoms with Gasteiger partial charge < -0.3 is 4.42 Å². The van der Waals surface area contributed by atoms with Crippen molar-refractivity contribution in [2.24, 2.45) is 0 Å². The zero-order valence-corrected chi connectivity index (χ0v) is 13.9. The van der Waals surface area contributed by atoms with Crippen molar-refractivity contribution in [3.63, 3.8) is 0 Å². The van der Waals surface area contributed by atoms with Crippen LogP contribution in [0.25, 0.3) is 11.0 Å². The van der Waals surface area contributed by atoms with E-state index in [0.29, 0.717) is 11.3 Å². The third-order valence-electron chi connectivity index (χ3n) is 2.80. The summed E-state index contributed by atoms with van der Waals surface area (Å²) in [6, 6.07) is 9.46. The molecular weight excluding hydrogens is 392 g/mol. The van der Waals surface area contributed by atoms with Crippen LogP contribution in [-0.4, -0.2) is 5.78 Å². The maximum atomic E-state index is 12.4. The zero-order chi connectivity index (χ0) is 13.6. The number of fused-ring (bicyclic) bond motifs is 1. The molecule has 1 aromatic carbocycles. The van der Waals surface area contributed by atoms with E-state index in [9.17, 15) is 4.79 Å². The molecule has 3 rings (SSSR count). The predicted octanol–water partition coefficient (Wildman–Crippen LogP) is 5.56. The van der Waals surface area contributed by atoms with Crippen molar-refractivity contribution >= 4 is 59.9 Å². The Balaban J connectivity index is 2.09. The summed E-state index contributed by atoms with van der Waals surface area (Å²) in [7, 11) is 0. The highest BCUT2D eigenvalue weighted by Gasteiger charge is 2.19. The standard InChI is InChI=1S/C14H8Br2O2S/c1-7-2-3-10-8(4-7)5-11(18-10)13(17)9-6-12(15)19-14(9)16/h2-6H,1H3. The number of halogens is 2. The van der Waals surface area contributed by atoms with Gasteiger partial charge in [0.15, 0.2) is 5.76 Å². The van der Waals surface area contributed by atoms with Gasteiger partial charge in [0, 0.05) is 5.39 Å². The molecule has 0 spiro atoms. The Hall–Kier alpha value is -0.910. The maximum Gasteiger partial charge on any atom is 0.230 e. The van der Waals surface area contributed by atoms with Crippen LogP contribution < -0.4 is 0 Å². The summed E-state index contributed by atoms with van der Waals surface area (Å²) in [5.74, 6) is 0.259. The second kappa shape index (κ2) is 4.89. The van der Waals surface area contributed by atoms with Crippen LogP contribution in [0.15, 0.2) is 42.3 Å². The van der Waals surface area contributed by atoms with Gasteiger partial charge in [0.25, 0.3) is 0 Å². The lowest BCUT2D eigenvalue weighted by Gasteiger charge is -1.93. The SMILES string of the molecule is Cc1ccc2oc(C(=O)c3cc(Br)sc3Br)cc2c1. The van der Waals surface area contributed by atoms with Crippen LogP contribution in [0.2, 0.25) is 0 Å². The van der Waals surface area contributed by atoms with Crippen molar-refractivity contribution < 1.29 is 9.21 Å². The van der Waals surface area contributed by atoms with Crippen LogP contribution >= 0.6 is 43.2 Å². The Kier molecular flexibility index (Phi) is 3.37. The van der Waals surface area contributed by atoms with E-state index in [1.54, 1.807) is 12.1 Å². The van der Waals surface area contributed by atoms with Crippen molar-refractivity contribution in [3.8, 4) is 0 Å². The van der Waals surface area contributed by atoms with Crippen LogP contribution in [0.3, 0.4) is 0 Å². The largest absolute Gasteiger partial charge is 0.453 e. The van der Waals surface area contributed by atoms with Gasteiger partial charge in [-0.05, 0) is 63.0 Å². The van der Waals surface area contributed by atoms with E-state index >= 15 is 0 Å². The van der Waals surface area contributed by atoms with Gasteiger partial charge in [-0.3, -0.25) is 4.79 Å². The molecule has 0 bridgehead atoms. The summed E-state index contributed by atoms with van der Waals surface area (Å²) in [6.45, 7) is 2.01. The van der Waals surface area contributed by atoms with E-state index in [-0.39, 0.29) is 5.78 Å². The molecule has 0 saturated heterocycles. The molecule has 0 saturated carbocycles. The molecule has 2 heterocycles. The summed E-state index contributed by atoms with van der Waals surface area (Å²) in [5, 5.41) is 0.953. The second-order valence-corrected chi connectivity index (χ2v) is 7.97. The summed E-state index contributed by atoms with van der Waals surface area (Å²) in [6.07, 6.45) is 0. The molecule has 3 aromatic rings. The monoisotopic (exact) mass is 398 g/mol. The molecule has 0 amide bonds. The first-order valence-electron chi connectivity index (χ1n) is 5.54. The van der Waals surface area contributed by atoms with E-state index in [0.717, 1.165) is 24.1 Å². The third kappa shape index (κ3) is 2.42. The Morgan fingerprint density at radius 2 is 2.00 bits per heavy atom. The fourth-order valence-electron chi connectivity index (χ4n) is 1.90. The first-order valence-corrected chi connectivity index (χ1v) is 7.94. The Labute approximate surface area is 130 Å². The summed E-state index contributed by atoms with van der Waals surface area (Å²) in [5.41, 5.74) is 2.50. The number of thiophene rings is 1. The number of carbonyl (C=O) groups excluding carboxylic acids is 1. The summed E-state index contributed by atoms with van der Waals surface area (Å²) < 4.78 is 7.34. The first kappa shape index (κ1) is 13.1. The lowest BCUT2D eigenvalue weighted by molar-refractivity contribution is 0.101. The van der Waals surface area contributed by atoms with Crippen molar-refractivity contribution in [3.05, 3.63) is 54.8 Å². The van der Waals surface area contributed by atoms with Gasteiger partial charge in [-0.15, -0.1) is 11.3 Å². The van der Waals surface area contributed by atoms with Crippen LogP contribution in [0, 0.1) is 6.92 Å². The lowest BCUT2D eigenvalue weighted by atomic mass is 10.1. The van der Waals surface area contributed by atoms with Crippen molar-refractivity contribution in [2.75, 3.05) is 0 Å². The van der Waals surface area contributed by atoms with Gasteiger partial charge in [-0.25, -0.2) is 0 Å². The smallest absolute Gasteiger partial charge is 0.230 e. The minimum absolute atomic E-state index is 0.109. The highest BCUT2D eigenvalue weighted by Crippen LogP contribution is 2.34. The average molecular weight is 400 g/mol. The van der Waals surface area contributed by atoms with Gasteiger partial charge in [0.05, 0.1) is 13.1 Å². The number of hydrogen-bond acceptors (Lipinski definition) is 3. The zero-order valence-electron chi connectivity index (χ0n) is 9.87. The molecule has 0 atom stereocenters. The molecule has 0 fully saturated rings. The highest BCUT2D eigenvalue weighted by atomic mass is 79.9. The number of benzene rings is 1. The molecule has 0 aliphatic heterocycles. The van der Waals surface area contributed by atoms with E-state index in [1.807, 2.05) is 25.1 Å².